The van der Waals surface area contributed by atoms with Crippen LogP contribution in [0.3, 0.4) is 0 Å². The molecule has 15 heavy (non-hydrogen) atoms. The van der Waals surface area contributed by atoms with Crippen molar-refractivity contribution in [2.45, 2.75) is 65.0 Å². The first-order valence-corrected chi connectivity index (χ1v) is 5.93. The molecule has 0 saturated carbocycles. The number of carbonyl (C=O) groups excluding carboxylic acids is 1. The van der Waals surface area contributed by atoms with Crippen LogP contribution in [0.25, 0.3) is 0 Å². The van der Waals surface area contributed by atoms with Gasteiger partial charge in [-0.05, 0) is 20.3 Å². The number of ether oxygens (including phenoxy) is 1. The zero-order valence-corrected chi connectivity index (χ0v) is 10.5. The summed E-state index contributed by atoms with van der Waals surface area (Å²) in [5, 5.41) is 3.40. The van der Waals surface area contributed by atoms with Gasteiger partial charge in [-0.15, -0.1) is 0 Å². The summed E-state index contributed by atoms with van der Waals surface area (Å²) in [6.07, 6.45) is 5.44. The van der Waals surface area contributed by atoms with Crippen LogP contribution in [-0.4, -0.2) is 25.2 Å². The fraction of sp³-hybridized carbons (Fsp3) is 0.917. The molecule has 0 amide bonds. The van der Waals surface area contributed by atoms with E-state index in [2.05, 4.69) is 23.9 Å². The molecule has 2 unspecified atom stereocenters. The van der Waals surface area contributed by atoms with Gasteiger partial charge in [-0.1, -0.05) is 26.2 Å². The van der Waals surface area contributed by atoms with Gasteiger partial charge < -0.3 is 10.1 Å². The lowest BCUT2D eigenvalue weighted by molar-refractivity contribution is -0.141. The summed E-state index contributed by atoms with van der Waals surface area (Å²) in [5.41, 5.74) is 0. The average molecular weight is 215 g/mol. The SMILES string of the molecule is CCCCCC(C)NC(C)CC(=O)OC. The second-order valence-electron chi connectivity index (χ2n) is 4.24. The number of hydrogen-bond acceptors (Lipinski definition) is 3. The van der Waals surface area contributed by atoms with Crippen LogP contribution in [0, 0.1) is 0 Å². The molecular formula is C12H25NO2. The zero-order valence-electron chi connectivity index (χ0n) is 10.5. The maximum absolute atomic E-state index is 11.0. The number of nitrogens with one attached hydrogen (secondary N) is 1. The van der Waals surface area contributed by atoms with Crippen molar-refractivity contribution < 1.29 is 9.53 Å². The lowest BCUT2D eigenvalue weighted by atomic mass is 10.1. The summed E-state index contributed by atoms with van der Waals surface area (Å²) < 4.78 is 4.62. The monoisotopic (exact) mass is 215 g/mol. The summed E-state index contributed by atoms with van der Waals surface area (Å²) >= 11 is 0. The first-order chi connectivity index (χ1) is 7.10. The summed E-state index contributed by atoms with van der Waals surface area (Å²) in [6.45, 7) is 6.40. The number of unbranched alkanes of at least 4 members (excludes halogenated alkanes) is 2. The van der Waals surface area contributed by atoms with Gasteiger partial charge in [0.2, 0.25) is 0 Å². The molecule has 0 aliphatic rings. The molecule has 0 aromatic carbocycles. The Kier molecular flexibility index (Phi) is 8.38. The molecule has 0 rings (SSSR count). The van der Waals surface area contributed by atoms with E-state index in [0.29, 0.717) is 12.5 Å². The van der Waals surface area contributed by atoms with Crippen LogP contribution < -0.4 is 5.32 Å². The summed E-state index contributed by atoms with van der Waals surface area (Å²) in [7, 11) is 1.43. The molecule has 0 aliphatic heterocycles. The summed E-state index contributed by atoms with van der Waals surface area (Å²) in [4.78, 5) is 11.0. The molecule has 0 aliphatic carbocycles. The second kappa shape index (κ2) is 8.72. The van der Waals surface area contributed by atoms with Crippen LogP contribution >= 0.6 is 0 Å². The van der Waals surface area contributed by atoms with Gasteiger partial charge in [-0.3, -0.25) is 4.79 Å². The molecule has 3 nitrogen and oxygen atoms in total. The topological polar surface area (TPSA) is 38.3 Å². The Bertz CT molecular complexity index is 171. The predicted octanol–water partition coefficient (Wildman–Crippen LogP) is 2.50. The third kappa shape index (κ3) is 8.43. The Morgan fingerprint density at radius 3 is 2.47 bits per heavy atom. The van der Waals surface area contributed by atoms with Crippen molar-refractivity contribution in [2.75, 3.05) is 7.11 Å². The van der Waals surface area contributed by atoms with Crippen LogP contribution in [0.2, 0.25) is 0 Å². The van der Waals surface area contributed by atoms with E-state index in [-0.39, 0.29) is 12.0 Å². The molecule has 2 atom stereocenters. The lowest BCUT2D eigenvalue weighted by Gasteiger charge is -2.18. The van der Waals surface area contributed by atoms with Crippen molar-refractivity contribution in [3.8, 4) is 0 Å². The minimum Gasteiger partial charge on any atom is -0.469 e. The second-order valence-corrected chi connectivity index (χ2v) is 4.24. The Morgan fingerprint density at radius 1 is 1.27 bits per heavy atom. The molecule has 0 radical (unpaired) electrons. The van der Waals surface area contributed by atoms with Crippen molar-refractivity contribution in [3.63, 3.8) is 0 Å². The molecule has 3 heteroatoms. The third-order valence-corrected chi connectivity index (χ3v) is 2.51. The average Bonchev–Trinajstić information content (AvgIpc) is 2.17. The van der Waals surface area contributed by atoms with Crippen molar-refractivity contribution in [1.29, 1.82) is 0 Å². The van der Waals surface area contributed by atoms with Crippen LogP contribution in [0.5, 0.6) is 0 Å². The third-order valence-electron chi connectivity index (χ3n) is 2.51. The maximum atomic E-state index is 11.0. The van der Waals surface area contributed by atoms with Gasteiger partial charge in [0.05, 0.1) is 13.5 Å². The van der Waals surface area contributed by atoms with Gasteiger partial charge in [-0.25, -0.2) is 0 Å². The van der Waals surface area contributed by atoms with Gasteiger partial charge in [0, 0.05) is 12.1 Å². The lowest BCUT2D eigenvalue weighted by Crippen LogP contribution is -2.36. The van der Waals surface area contributed by atoms with E-state index in [1.165, 1.54) is 32.8 Å². The van der Waals surface area contributed by atoms with Gasteiger partial charge in [0.1, 0.15) is 0 Å². The fourth-order valence-corrected chi connectivity index (χ4v) is 1.66. The summed E-state index contributed by atoms with van der Waals surface area (Å²) in [6, 6.07) is 0.685. The molecule has 0 aromatic rings. The smallest absolute Gasteiger partial charge is 0.307 e. The highest BCUT2D eigenvalue weighted by molar-refractivity contribution is 5.69. The Morgan fingerprint density at radius 2 is 1.93 bits per heavy atom. The predicted molar refractivity (Wildman–Crippen MR) is 62.8 cm³/mol. The van der Waals surface area contributed by atoms with E-state index < -0.39 is 0 Å². The number of rotatable bonds is 8. The quantitative estimate of drug-likeness (QED) is 0.499. The Hall–Kier alpha value is -0.570. The molecule has 0 heterocycles. The van der Waals surface area contributed by atoms with Crippen molar-refractivity contribution in [1.82, 2.24) is 5.32 Å². The molecule has 0 bridgehead atoms. The van der Waals surface area contributed by atoms with Crippen molar-refractivity contribution >= 4 is 5.97 Å². The summed E-state index contributed by atoms with van der Waals surface area (Å²) in [5.74, 6) is -0.143. The minimum atomic E-state index is -0.143. The van der Waals surface area contributed by atoms with Crippen LogP contribution in [0.4, 0.5) is 0 Å². The molecule has 90 valence electrons. The largest absolute Gasteiger partial charge is 0.469 e. The molecule has 0 spiro atoms. The normalized spacial score (nSPS) is 14.7. The molecular weight excluding hydrogens is 190 g/mol. The fourth-order valence-electron chi connectivity index (χ4n) is 1.66. The number of esters is 1. The van der Waals surface area contributed by atoms with Gasteiger partial charge in [0.25, 0.3) is 0 Å². The van der Waals surface area contributed by atoms with E-state index in [4.69, 9.17) is 0 Å². The highest BCUT2D eigenvalue weighted by Crippen LogP contribution is 2.04. The van der Waals surface area contributed by atoms with E-state index in [9.17, 15) is 4.79 Å². The maximum Gasteiger partial charge on any atom is 0.307 e. The van der Waals surface area contributed by atoms with Gasteiger partial charge in [0.15, 0.2) is 0 Å². The molecule has 0 fully saturated rings. The van der Waals surface area contributed by atoms with E-state index in [0.717, 1.165) is 0 Å². The molecule has 0 saturated heterocycles. The van der Waals surface area contributed by atoms with E-state index >= 15 is 0 Å². The minimum absolute atomic E-state index is 0.143. The number of methoxy groups -OCH3 is 1. The van der Waals surface area contributed by atoms with Crippen LogP contribution in [-0.2, 0) is 9.53 Å². The molecule has 0 aromatic heterocycles. The van der Waals surface area contributed by atoms with E-state index in [1.54, 1.807) is 0 Å². The Labute approximate surface area is 93.6 Å². The standard InChI is InChI=1S/C12H25NO2/c1-5-6-7-8-10(2)13-11(3)9-12(14)15-4/h10-11,13H,5-9H2,1-4H3. The van der Waals surface area contributed by atoms with Gasteiger partial charge in [-0.2, -0.15) is 0 Å². The highest BCUT2D eigenvalue weighted by atomic mass is 16.5. The van der Waals surface area contributed by atoms with Gasteiger partial charge >= 0.3 is 5.97 Å². The zero-order chi connectivity index (χ0) is 11.7. The van der Waals surface area contributed by atoms with Crippen molar-refractivity contribution in [3.05, 3.63) is 0 Å². The molecule has 1 N–H and O–H groups in total. The first-order valence-electron chi connectivity index (χ1n) is 5.93. The first kappa shape index (κ1) is 14.4. The van der Waals surface area contributed by atoms with Crippen LogP contribution in [0.1, 0.15) is 52.9 Å². The highest BCUT2D eigenvalue weighted by Gasteiger charge is 2.11. The number of carbonyl (C=O) groups is 1. The van der Waals surface area contributed by atoms with E-state index in [1.807, 2.05) is 6.92 Å². The van der Waals surface area contributed by atoms with Crippen LogP contribution in [0.15, 0.2) is 0 Å². The van der Waals surface area contributed by atoms with Crippen molar-refractivity contribution in [2.24, 2.45) is 0 Å². The Balaban J connectivity index is 3.56. The number of hydrogen-bond donors (Lipinski definition) is 1.